The van der Waals surface area contributed by atoms with Crippen molar-refractivity contribution in [3.63, 3.8) is 0 Å². The van der Waals surface area contributed by atoms with Gasteiger partial charge in [0.1, 0.15) is 6.54 Å². The van der Waals surface area contributed by atoms with Crippen molar-refractivity contribution in [2.75, 3.05) is 12.3 Å². The van der Waals surface area contributed by atoms with Crippen molar-refractivity contribution in [3.8, 4) is 0 Å². The van der Waals surface area contributed by atoms with Gasteiger partial charge in [0.25, 0.3) is 0 Å². The maximum atomic E-state index is 11.9. The summed E-state index contributed by atoms with van der Waals surface area (Å²) in [5.74, 6) is -0.831. The van der Waals surface area contributed by atoms with Crippen LogP contribution in [0.1, 0.15) is 28.7 Å². The molecule has 0 aliphatic heterocycles. The number of rotatable bonds is 6. The molecule has 0 unspecified atom stereocenters. The standard InChI is InChI=1S/C12H16F3N3O2S/c1-7-11(9(3)19)8(2)18(17-7)6-10(20)16-4-5-21-12(13,14)15/h4-6H2,1-3H3,(H,16,20). The zero-order chi connectivity index (χ0) is 16.2. The Hall–Kier alpha value is -1.51. The third-order valence-corrected chi connectivity index (χ3v) is 3.45. The van der Waals surface area contributed by atoms with Crippen LogP contribution >= 0.6 is 11.8 Å². The summed E-state index contributed by atoms with van der Waals surface area (Å²) in [6, 6.07) is 0. The quantitative estimate of drug-likeness (QED) is 0.643. The van der Waals surface area contributed by atoms with Gasteiger partial charge < -0.3 is 5.32 Å². The first kappa shape index (κ1) is 17.5. The summed E-state index contributed by atoms with van der Waals surface area (Å²) in [4.78, 5) is 23.1. The minimum Gasteiger partial charge on any atom is -0.354 e. The molecule has 1 aromatic rings. The van der Waals surface area contributed by atoms with E-state index in [1.165, 1.54) is 11.6 Å². The molecule has 5 nitrogen and oxygen atoms in total. The first-order valence-corrected chi connectivity index (χ1v) is 7.12. The van der Waals surface area contributed by atoms with Crippen LogP contribution in [0, 0.1) is 13.8 Å². The first-order chi connectivity index (χ1) is 9.61. The third-order valence-electron chi connectivity index (χ3n) is 2.72. The van der Waals surface area contributed by atoms with Crippen molar-refractivity contribution < 1.29 is 22.8 Å². The Labute approximate surface area is 124 Å². The van der Waals surface area contributed by atoms with E-state index < -0.39 is 11.4 Å². The number of ketones is 1. The Morgan fingerprint density at radius 3 is 2.43 bits per heavy atom. The number of Topliss-reactive ketones (excluding diaryl/α,β-unsaturated/α-hetero) is 1. The second-order valence-electron chi connectivity index (χ2n) is 4.40. The van der Waals surface area contributed by atoms with Gasteiger partial charge in [0, 0.05) is 18.0 Å². The number of halogens is 3. The second kappa shape index (κ2) is 6.97. The lowest BCUT2D eigenvalue weighted by Crippen LogP contribution is -2.30. The maximum absolute atomic E-state index is 11.9. The fourth-order valence-corrected chi connectivity index (χ4v) is 2.35. The van der Waals surface area contributed by atoms with Gasteiger partial charge in [0.05, 0.1) is 11.3 Å². The molecule has 1 heterocycles. The Morgan fingerprint density at radius 1 is 1.33 bits per heavy atom. The Balaban J connectivity index is 2.53. The van der Waals surface area contributed by atoms with Gasteiger partial charge in [-0.15, -0.1) is 0 Å². The largest absolute Gasteiger partial charge is 0.441 e. The molecule has 0 fully saturated rings. The molecular weight excluding hydrogens is 307 g/mol. The van der Waals surface area contributed by atoms with Gasteiger partial charge in [0.2, 0.25) is 5.91 Å². The van der Waals surface area contributed by atoms with Gasteiger partial charge in [-0.05, 0) is 32.5 Å². The molecule has 0 bridgehead atoms. The molecule has 0 atom stereocenters. The van der Waals surface area contributed by atoms with Crippen LogP contribution in [0.3, 0.4) is 0 Å². The molecule has 0 spiro atoms. The van der Waals surface area contributed by atoms with E-state index in [4.69, 9.17) is 0 Å². The smallest absolute Gasteiger partial charge is 0.354 e. The van der Waals surface area contributed by atoms with Crippen molar-refractivity contribution in [2.45, 2.75) is 32.8 Å². The number of hydrogen-bond acceptors (Lipinski definition) is 4. The SMILES string of the molecule is CC(=O)c1c(C)nn(CC(=O)NCCSC(F)(F)F)c1C. The van der Waals surface area contributed by atoms with Crippen molar-refractivity contribution in [1.29, 1.82) is 0 Å². The molecule has 0 aliphatic carbocycles. The van der Waals surface area contributed by atoms with E-state index >= 15 is 0 Å². The number of carbonyl (C=O) groups is 2. The van der Waals surface area contributed by atoms with Crippen LogP contribution in [-0.2, 0) is 11.3 Å². The maximum Gasteiger partial charge on any atom is 0.441 e. The number of thioether (sulfide) groups is 1. The normalized spacial score (nSPS) is 11.5. The third kappa shape index (κ3) is 5.41. The molecule has 118 valence electrons. The van der Waals surface area contributed by atoms with E-state index in [1.807, 2.05) is 0 Å². The molecule has 0 aromatic carbocycles. The number of carbonyl (C=O) groups excluding carboxylic acids is 2. The topological polar surface area (TPSA) is 64.0 Å². The fraction of sp³-hybridized carbons (Fsp3) is 0.583. The number of aromatic nitrogens is 2. The van der Waals surface area contributed by atoms with Crippen LogP contribution in [0.4, 0.5) is 13.2 Å². The van der Waals surface area contributed by atoms with Crippen molar-refractivity contribution in [2.24, 2.45) is 0 Å². The minimum absolute atomic E-state index is 0.0815. The van der Waals surface area contributed by atoms with Crippen LogP contribution in [0.25, 0.3) is 0 Å². The monoisotopic (exact) mass is 323 g/mol. The van der Waals surface area contributed by atoms with Gasteiger partial charge in [-0.3, -0.25) is 14.3 Å². The molecule has 9 heteroatoms. The molecule has 21 heavy (non-hydrogen) atoms. The number of nitrogens with one attached hydrogen (secondary N) is 1. The summed E-state index contributed by atoms with van der Waals surface area (Å²) in [6.07, 6.45) is 0. The zero-order valence-corrected chi connectivity index (χ0v) is 12.7. The summed E-state index contributed by atoms with van der Waals surface area (Å²) >= 11 is -0.186. The van der Waals surface area contributed by atoms with E-state index in [-0.39, 0.29) is 36.4 Å². The molecule has 1 aromatic heterocycles. The molecule has 0 saturated carbocycles. The van der Waals surface area contributed by atoms with Crippen molar-refractivity contribution in [1.82, 2.24) is 15.1 Å². The summed E-state index contributed by atoms with van der Waals surface area (Å²) in [6.45, 7) is 4.54. The van der Waals surface area contributed by atoms with Crippen LogP contribution in [0.15, 0.2) is 0 Å². The fourth-order valence-electron chi connectivity index (χ4n) is 1.91. The van der Waals surface area contributed by atoms with Crippen LogP contribution in [0.2, 0.25) is 0 Å². The highest BCUT2D eigenvalue weighted by Gasteiger charge is 2.27. The lowest BCUT2D eigenvalue weighted by Gasteiger charge is -2.08. The number of hydrogen-bond donors (Lipinski definition) is 1. The molecular formula is C12H16F3N3O2S. The number of alkyl halides is 3. The average molecular weight is 323 g/mol. The van der Waals surface area contributed by atoms with Gasteiger partial charge >= 0.3 is 5.51 Å². The highest BCUT2D eigenvalue weighted by molar-refractivity contribution is 8.00. The molecule has 1 amide bonds. The van der Waals surface area contributed by atoms with E-state index in [2.05, 4.69) is 10.4 Å². The predicted octanol–water partition coefficient (Wildman–Crippen LogP) is 2.07. The lowest BCUT2D eigenvalue weighted by molar-refractivity contribution is -0.121. The van der Waals surface area contributed by atoms with Crippen LogP contribution in [-0.4, -0.2) is 39.3 Å². The summed E-state index contributed by atoms with van der Waals surface area (Å²) in [7, 11) is 0. The molecule has 1 N–H and O–H groups in total. The van der Waals surface area contributed by atoms with Gasteiger partial charge in [-0.2, -0.15) is 18.3 Å². The predicted molar refractivity (Wildman–Crippen MR) is 73.2 cm³/mol. The molecule has 0 saturated heterocycles. The highest BCUT2D eigenvalue weighted by Crippen LogP contribution is 2.29. The Kier molecular flexibility index (Phi) is 5.82. The first-order valence-electron chi connectivity index (χ1n) is 6.14. The van der Waals surface area contributed by atoms with Gasteiger partial charge in [-0.1, -0.05) is 0 Å². The van der Waals surface area contributed by atoms with Crippen LogP contribution in [0.5, 0.6) is 0 Å². The molecule has 1 rings (SSSR count). The average Bonchev–Trinajstić information content (AvgIpc) is 2.58. The van der Waals surface area contributed by atoms with Crippen molar-refractivity contribution >= 4 is 23.5 Å². The van der Waals surface area contributed by atoms with E-state index in [0.717, 1.165) is 0 Å². The minimum atomic E-state index is -4.29. The van der Waals surface area contributed by atoms with E-state index in [0.29, 0.717) is 17.0 Å². The number of nitrogens with zero attached hydrogens (tertiary/aromatic N) is 2. The zero-order valence-electron chi connectivity index (χ0n) is 11.9. The second-order valence-corrected chi connectivity index (χ2v) is 5.56. The Morgan fingerprint density at radius 2 is 1.95 bits per heavy atom. The number of aryl methyl sites for hydroxylation is 1. The Bertz CT molecular complexity index is 541. The van der Waals surface area contributed by atoms with Gasteiger partial charge in [-0.25, -0.2) is 0 Å². The van der Waals surface area contributed by atoms with Gasteiger partial charge in [0.15, 0.2) is 5.78 Å². The molecule has 0 radical (unpaired) electrons. The van der Waals surface area contributed by atoms with E-state index in [9.17, 15) is 22.8 Å². The van der Waals surface area contributed by atoms with Crippen LogP contribution < -0.4 is 5.32 Å². The summed E-state index contributed by atoms with van der Waals surface area (Å²) < 4.78 is 37.1. The highest BCUT2D eigenvalue weighted by atomic mass is 32.2. The summed E-state index contributed by atoms with van der Waals surface area (Å²) in [5, 5.41) is 6.47. The molecule has 0 aliphatic rings. The summed E-state index contributed by atoms with van der Waals surface area (Å²) in [5.41, 5.74) is -2.73. The lowest BCUT2D eigenvalue weighted by atomic mass is 10.1. The van der Waals surface area contributed by atoms with Crippen molar-refractivity contribution in [3.05, 3.63) is 17.0 Å². The van der Waals surface area contributed by atoms with E-state index in [1.54, 1.807) is 13.8 Å². The number of amides is 1.